The summed E-state index contributed by atoms with van der Waals surface area (Å²) in [4.78, 5) is 16.3. The van der Waals surface area contributed by atoms with Crippen LogP contribution in [0.3, 0.4) is 0 Å². The van der Waals surface area contributed by atoms with E-state index in [4.69, 9.17) is 5.73 Å². The van der Waals surface area contributed by atoms with Crippen molar-refractivity contribution in [3.63, 3.8) is 0 Å². The Kier molecular flexibility index (Phi) is 7.19. The van der Waals surface area contributed by atoms with Crippen LogP contribution >= 0.6 is 0 Å². The highest BCUT2D eigenvalue weighted by Gasteiger charge is 2.20. The van der Waals surface area contributed by atoms with Gasteiger partial charge in [-0.25, -0.2) is 0 Å². The highest BCUT2D eigenvalue weighted by molar-refractivity contribution is 5.82. The van der Waals surface area contributed by atoms with E-state index in [1.54, 1.807) is 24.3 Å². The van der Waals surface area contributed by atoms with Crippen molar-refractivity contribution in [2.24, 2.45) is 5.73 Å². The standard InChI is InChI=1S/C16H27N3O2/c1-4-9-19(11-10-18(2)3)16(21)15(17)12-13-5-7-14(20)8-6-13/h5-8,15,20H,4,9-12,17H2,1-3H3. The monoisotopic (exact) mass is 293 g/mol. The maximum absolute atomic E-state index is 12.4. The summed E-state index contributed by atoms with van der Waals surface area (Å²) in [6.07, 6.45) is 1.41. The van der Waals surface area contributed by atoms with Gasteiger partial charge >= 0.3 is 0 Å². The number of amides is 1. The van der Waals surface area contributed by atoms with E-state index in [0.29, 0.717) is 13.0 Å². The minimum Gasteiger partial charge on any atom is -0.508 e. The minimum absolute atomic E-state index is 0.00762. The molecule has 0 fully saturated rings. The van der Waals surface area contributed by atoms with Gasteiger partial charge in [0.2, 0.25) is 5.91 Å². The lowest BCUT2D eigenvalue weighted by atomic mass is 10.1. The van der Waals surface area contributed by atoms with Crippen LogP contribution in [0.1, 0.15) is 18.9 Å². The maximum Gasteiger partial charge on any atom is 0.239 e. The first-order valence-electron chi connectivity index (χ1n) is 7.41. The summed E-state index contributed by atoms with van der Waals surface area (Å²) in [5, 5.41) is 9.27. The minimum atomic E-state index is -0.539. The Bertz CT molecular complexity index is 432. The number of aromatic hydroxyl groups is 1. The number of rotatable bonds is 8. The van der Waals surface area contributed by atoms with Gasteiger partial charge < -0.3 is 20.6 Å². The molecule has 1 aromatic rings. The Hall–Kier alpha value is -1.59. The Balaban J connectivity index is 2.61. The fourth-order valence-corrected chi connectivity index (χ4v) is 2.13. The van der Waals surface area contributed by atoms with Crippen molar-refractivity contribution >= 4 is 5.91 Å². The van der Waals surface area contributed by atoms with Crippen LogP contribution in [0.15, 0.2) is 24.3 Å². The number of phenolic OH excluding ortho intramolecular Hbond substituents is 1. The lowest BCUT2D eigenvalue weighted by molar-refractivity contribution is -0.132. The highest BCUT2D eigenvalue weighted by Crippen LogP contribution is 2.11. The average Bonchev–Trinajstić information content (AvgIpc) is 2.45. The molecule has 1 aromatic carbocycles. The molecule has 0 aliphatic carbocycles. The van der Waals surface area contributed by atoms with Gasteiger partial charge in [-0.2, -0.15) is 0 Å². The second-order valence-electron chi connectivity index (χ2n) is 5.61. The molecule has 3 N–H and O–H groups in total. The number of nitrogens with zero attached hydrogens (tertiary/aromatic N) is 2. The first kappa shape index (κ1) is 17.5. The van der Waals surface area contributed by atoms with Crippen LogP contribution in [0.2, 0.25) is 0 Å². The average molecular weight is 293 g/mol. The molecule has 0 heterocycles. The summed E-state index contributed by atoms with van der Waals surface area (Å²) in [5.41, 5.74) is 7.01. The van der Waals surface area contributed by atoms with Crippen molar-refractivity contribution in [2.45, 2.75) is 25.8 Å². The highest BCUT2D eigenvalue weighted by atomic mass is 16.3. The van der Waals surface area contributed by atoms with Crippen molar-refractivity contribution in [2.75, 3.05) is 33.7 Å². The predicted octanol–water partition coefficient (Wildman–Crippen LogP) is 1.06. The lowest BCUT2D eigenvalue weighted by Gasteiger charge is -2.26. The van der Waals surface area contributed by atoms with Gasteiger partial charge in [0.1, 0.15) is 5.75 Å². The van der Waals surface area contributed by atoms with Gasteiger partial charge in [0, 0.05) is 19.6 Å². The summed E-state index contributed by atoms with van der Waals surface area (Å²) in [6.45, 7) is 4.32. The van der Waals surface area contributed by atoms with Gasteiger partial charge in [-0.05, 0) is 44.6 Å². The van der Waals surface area contributed by atoms with Crippen molar-refractivity contribution in [3.8, 4) is 5.75 Å². The molecule has 0 saturated carbocycles. The second kappa shape index (κ2) is 8.64. The molecule has 0 aliphatic rings. The zero-order valence-corrected chi connectivity index (χ0v) is 13.2. The first-order chi connectivity index (χ1) is 9.93. The van der Waals surface area contributed by atoms with Crippen LogP contribution in [0, 0.1) is 0 Å². The molecule has 1 rings (SSSR count). The molecule has 0 spiro atoms. The molecule has 1 atom stereocenters. The fourth-order valence-electron chi connectivity index (χ4n) is 2.13. The van der Waals surface area contributed by atoms with Crippen molar-refractivity contribution in [1.29, 1.82) is 0 Å². The van der Waals surface area contributed by atoms with Gasteiger partial charge in [0.15, 0.2) is 0 Å². The van der Waals surface area contributed by atoms with E-state index in [9.17, 15) is 9.90 Å². The predicted molar refractivity (Wildman–Crippen MR) is 85.2 cm³/mol. The third kappa shape index (κ3) is 6.14. The maximum atomic E-state index is 12.4. The number of benzene rings is 1. The summed E-state index contributed by atoms with van der Waals surface area (Å²) in [5.74, 6) is 0.212. The zero-order valence-electron chi connectivity index (χ0n) is 13.2. The molecule has 1 amide bonds. The van der Waals surface area contributed by atoms with E-state index < -0.39 is 6.04 Å². The van der Waals surface area contributed by atoms with Crippen LogP contribution in [0.5, 0.6) is 5.75 Å². The van der Waals surface area contributed by atoms with Gasteiger partial charge in [-0.3, -0.25) is 4.79 Å². The molecule has 21 heavy (non-hydrogen) atoms. The fraction of sp³-hybridized carbons (Fsp3) is 0.562. The van der Waals surface area contributed by atoms with Gasteiger partial charge in [-0.1, -0.05) is 19.1 Å². The van der Waals surface area contributed by atoms with Crippen molar-refractivity contribution < 1.29 is 9.90 Å². The van der Waals surface area contributed by atoms with E-state index in [1.165, 1.54) is 0 Å². The van der Waals surface area contributed by atoms with E-state index >= 15 is 0 Å². The summed E-state index contributed by atoms with van der Waals surface area (Å²) >= 11 is 0. The Morgan fingerprint density at radius 3 is 2.33 bits per heavy atom. The quantitative estimate of drug-likeness (QED) is 0.752. The molecule has 5 nitrogen and oxygen atoms in total. The third-order valence-corrected chi connectivity index (χ3v) is 3.33. The van der Waals surface area contributed by atoms with Crippen LogP contribution in [0.4, 0.5) is 0 Å². The summed E-state index contributed by atoms with van der Waals surface area (Å²) < 4.78 is 0. The lowest BCUT2D eigenvalue weighted by Crippen LogP contribution is -2.47. The number of carbonyl (C=O) groups is 1. The van der Waals surface area contributed by atoms with Crippen LogP contribution in [0.25, 0.3) is 0 Å². The van der Waals surface area contributed by atoms with Crippen LogP contribution in [-0.4, -0.2) is 60.6 Å². The molecular weight excluding hydrogens is 266 g/mol. The largest absolute Gasteiger partial charge is 0.508 e. The zero-order chi connectivity index (χ0) is 15.8. The number of likely N-dealkylation sites (N-methyl/N-ethyl adjacent to an activating group) is 1. The van der Waals surface area contributed by atoms with E-state index in [0.717, 1.165) is 25.1 Å². The number of phenols is 1. The van der Waals surface area contributed by atoms with Crippen LogP contribution < -0.4 is 5.73 Å². The molecular formula is C16H27N3O2. The smallest absolute Gasteiger partial charge is 0.239 e. The molecule has 5 heteroatoms. The molecule has 0 bridgehead atoms. The summed E-state index contributed by atoms with van der Waals surface area (Å²) in [7, 11) is 3.98. The molecule has 0 aliphatic heterocycles. The SMILES string of the molecule is CCCN(CCN(C)C)C(=O)C(N)Cc1ccc(O)cc1. The molecule has 118 valence electrons. The first-order valence-corrected chi connectivity index (χ1v) is 7.41. The van der Waals surface area contributed by atoms with Gasteiger partial charge in [0.25, 0.3) is 0 Å². The van der Waals surface area contributed by atoms with Crippen molar-refractivity contribution in [3.05, 3.63) is 29.8 Å². The Labute approximate surface area is 127 Å². The Morgan fingerprint density at radius 2 is 1.81 bits per heavy atom. The topological polar surface area (TPSA) is 69.8 Å². The molecule has 0 radical (unpaired) electrons. The van der Waals surface area contributed by atoms with E-state index in [1.807, 2.05) is 19.0 Å². The molecule has 0 saturated heterocycles. The number of hydrogen-bond donors (Lipinski definition) is 2. The van der Waals surface area contributed by atoms with Gasteiger partial charge in [0.05, 0.1) is 6.04 Å². The van der Waals surface area contributed by atoms with Crippen molar-refractivity contribution in [1.82, 2.24) is 9.80 Å². The van der Waals surface area contributed by atoms with E-state index in [-0.39, 0.29) is 11.7 Å². The third-order valence-electron chi connectivity index (χ3n) is 3.33. The van der Waals surface area contributed by atoms with Gasteiger partial charge in [-0.15, -0.1) is 0 Å². The second-order valence-corrected chi connectivity index (χ2v) is 5.61. The van der Waals surface area contributed by atoms with Crippen LogP contribution in [-0.2, 0) is 11.2 Å². The summed E-state index contributed by atoms with van der Waals surface area (Å²) in [6, 6.07) is 6.28. The number of hydrogen-bond acceptors (Lipinski definition) is 4. The molecule has 1 unspecified atom stereocenters. The number of nitrogens with two attached hydrogens (primary N) is 1. The van der Waals surface area contributed by atoms with E-state index in [2.05, 4.69) is 11.8 Å². The normalized spacial score (nSPS) is 12.4. The molecule has 0 aromatic heterocycles. The number of carbonyl (C=O) groups excluding carboxylic acids is 1. The Morgan fingerprint density at radius 1 is 1.19 bits per heavy atom.